The van der Waals surface area contributed by atoms with Gasteiger partial charge in [-0.05, 0) is 24.1 Å². The van der Waals surface area contributed by atoms with Crippen LogP contribution in [-0.4, -0.2) is 35.8 Å². The number of carbonyl (C=O) groups excluding carboxylic acids is 2. The summed E-state index contributed by atoms with van der Waals surface area (Å²) < 4.78 is 0. The minimum Gasteiger partial charge on any atom is -0.368 e. The zero-order valence-corrected chi connectivity index (χ0v) is 11.3. The van der Waals surface area contributed by atoms with E-state index in [0.29, 0.717) is 19.5 Å². The second-order valence-corrected chi connectivity index (χ2v) is 5.55. The predicted molar refractivity (Wildman–Crippen MR) is 74.7 cm³/mol. The van der Waals surface area contributed by atoms with Crippen LogP contribution in [0.15, 0.2) is 24.3 Å². The number of nitrogens with one attached hydrogen (secondary N) is 1. The highest BCUT2D eigenvalue weighted by molar-refractivity contribution is 5.88. The Hall–Kier alpha value is -1.88. The van der Waals surface area contributed by atoms with Crippen LogP contribution in [0.4, 0.5) is 0 Å². The Bertz CT molecular complexity index is 538. The van der Waals surface area contributed by atoms with E-state index in [9.17, 15) is 9.59 Å². The van der Waals surface area contributed by atoms with Crippen LogP contribution in [-0.2, 0) is 22.6 Å². The monoisotopic (exact) mass is 273 g/mol. The SMILES string of the molecule is NC(=O)[C@@H]1Cc2ccccc2CN1C(=O)[C@H]1CCNC1. The Morgan fingerprint density at radius 3 is 2.65 bits per heavy atom. The van der Waals surface area contributed by atoms with Gasteiger partial charge in [0.2, 0.25) is 11.8 Å². The van der Waals surface area contributed by atoms with E-state index in [-0.39, 0.29) is 11.8 Å². The van der Waals surface area contributed by atoms with Crippen LogP contribution in [0.1, 0.15) is 17.5 Å². The highest BCUT2D eigenvalue weighted by Crippen LogP contribution is 2.25. The molecule has 5 heteroatoms. The van der Waals surface area contributed by atoms with Gasteiger partial charge in [-0.25, -0.2) is 0 Å². The van der Waals surface area contributed by atoms with Gasteiger partial charge >= 0.3 is 0 Å². The van der Waals surface area contributed by atoms with Crippen LogP contribution in [0.5, 0.6) is 0 Å². The van der Waals surface area contributed by atoms with E-state index < -0.39 is 11.9 Å². The third-order valence-corrected chi connectivity index (χ3v) is 4.27. The number of benzene rings is 1. The maximum Gasteiger partial charge on any atom is 0.240 e. The molecule has 3 rings (SSSR count). The third-order valence-electron chi connectivity index (χ3n) is 4.27. The van der Waals surface area contributed by atoms with Gasteiger partial charge in [0.05, 0.1) is 5.92 Å². The molecule has 3 N–H and O–H groups in total. The summed E-state index contributed by atoms with van der Waals surface area (Å²) in [5.74, 6) is -0.394. The van der Waals surface area contributed by atoms with Crippen molar-refractivity contribution >= 4 is 11.8 Å². The van der Waals surface area contributed by atoms with Crippen molar-refractivity contribution < 1.29 is 9.59 Å². The first-order valence-corrected chi connectivity index (χ1v) is 7.04. The minimum absolute atomic E-state index is 0.0258. The number of primary amides is 1. The van der Waals surface area contributed by atoms with Crippen molar-refractivity contribution in [3.05, 3.63) is 35.4 Å². The van der Waals surface area contributed by atoms with Gasteiger partial charge < -0.3 is 16.0 Å². The van der Waals surface area contributed by atoms with E-state index >= 15 is 0 Å². The molecule has 2 amide bonds. The fraction of sp³-hybridized carbons (Fsp3) is 0.467. The zero-order valence-electron chi connectivity index (χ0n) is 11.3. The standard InChI is InChI=1S/C15H19N3O2/c16-14(19)13-7-10-3-1-2-4-12(10)9-18(13)15(20)11-5-6-17-8-11/h1-4,11,13,17H,5-9H2,(H2,16,19)/t11-,13-/m0/s1. The van der Waals surface area contributed by atoms with Gasteiger partial charge in [0.1, 0.15) is 6.04 Å². The lowest BCUT2D eigenvalue weighted by Crippen LogP contribution is -2.53. The molecule has 0 bridgehead atoms. The van der Waals surface area contributed by atoms with Gasteiger partial charge in [0.15, 0.2) is 0 Å². The van der Waals surface area contributed by atoms with Gasteiger partial charge in [-0.15, -0.1) is 0 Å². The second kappa shape index (κ2) is 5.25. The Morgan fingerprint density at radius 2 is 2.00 bits per heavy atom. The van der Waals surface area contributed by atoms with Gasteiger partial charge in [0.25, 0.3) is 0 Å². The maximum atomic E-state index is 12.6. The van der Waals surface area contributed by atoms with Crippen LogP contribution >= 0.6 is 0 Å². The van der Waals surface area contributed by atoms with Crippen LogP contribution < -0.4 is 11.1 Å². The number of fused-ring (bicyclic) bond motifs is 1. The van der Waals surface area contributed by atoms with Crippen molar-refractivity contribution in [3.63, 3.8) is 0 Å². The predicted octanol–water partition coefficient (Wildman–Crippen LogP) is 0.0347. The molecule has 2 heterocycles. The molecule has 0 aromatic heterocycles. The van der Waals surface area contributed by atoms with Gasteiger partial charge in [-0.1, -0.05) is 24.3 Å². The Balaban J connectivity index is 1.88. The smallest absolute Gasteiger partial charge is 0.240 e. The number of nitrogens with two attached hydrogens (primary N) is 1. The molecule has 1 fully saturated rings. The van der Waals surface area contributed by atoms with Crippen molar-refractivity contribution in [1.82, 2.24) is 10.2 Å². The lowest BCUT2D eigenvalue weighted by Gasteiger charge is -2.36. The molecule has 0 spiro atoms. The average Bonchev–Trinajstić information content (AvgIpc) is 2.99. The average molecular weight is 273 g/mol. The van der Waals surface area contributed by atoms with Crippen LogP contribution in [0.3, 0.4) is 0 Å². The molecular formula is C15H19N3O2. The van der Waals surface area contributed by atoms with Gasteiger partial charge in [-0.3, -0.25) is 9.59 Å². The Labute approximate surface area is 118 Å². The van der Waals surface area contributed by atoms with Crippen molar-refractivity contribution in [3.8, 4) is 0 Å². The second-order valence-electron chi connectivity index (χ2n) is 5.55. The summed E-state index contributed by atoms with van der Waals surface area (Å²) in [7, 11) is 0. The van der Waals surface area contributed by atoms with Gasteiger partial charge in [-0.2, -0.15) is 0 Å². The number of amides is 2. The molecule has 1 aromatic rings. The highest BCUT2D eigenvalue weighted by atomic mass is 16.2. The summed E-state index contributed by atoms with van der Waals surface area (Å²) >= 11 is 0. The molecule has 1 saturated heterocycles. The first kappa shape index (κ1) is 13.1. The van der Waals surface area contributed by atoms with E-state index in [0.717, 1.165) is 24.1 Å². The lowest BCUT2D eigenvalue weighted by molar-refractivity contribution is -0.143. The van der Waals surface area contributed by atoms with E-state index in [2.05, 4.69) is 5.32 Å². The summed E-state index contributed by atoms with van der Waals surface area (Å²) in [5.41, 5.74) is 7.73. The van der Waals surface area contributed by atoms with Crippen molar-refractivity contribution in [2.75, 3.05) is 13.1 Å². The molecule has 2 atom stereocenters. The molecule has 0 radical (unpaired) electrons. The lowest BCUT2D eigenvalue weighted by atomic mass is 9.92. The first-order valence-electron chi connectivity index (χ1n) is 7.04. The van der Waals surface area contributed by atoms with Crippen molar-refractivity contribution in [2.45, 2.75) is 25.4 Å². The molecular weight excluding hydrogens is 254 g/mol. The highest BCUT2D eigenvalue weighted by Gasteiger charge is 2.36. The molecule has 106 valence electrons. The summed E-state index contributed by atoms with van der Waals surface area (Å²) in [6.45, 7) is 2.05. The summed E-state index contributed by atoms with van der Waals surface area (Å²) in [6, 6.07) is 7.42. The number of rotatable bonds is 2. The molecule has 5 nitrogen and oxygen atoms in total. The van der Waals surface area contributed by atoms with Crippen LogP contribution in [0.2, 0.25) is 0 Å². The molecule has 0 unspecified atom stereocenters. The molecule has 2 aliphatic rings. The van der Waals surface area contributed by atoms with Crippen LogP contribution in [0.25, 0.3) is 0 Å². The largest absolute Gasteiger partial charge is 0.368 e. The molecule has 20 heavy (non-hydrogen) atoms. The number of nitrogens with zero attached hydrogens (tertiary/aromatic N) is 1. The molecule has 2 aliphatic heterocycles. The van der Waals surface area contributed by atoms with Gasteiger partial charge in [0, 0.05) is 19.5 Å². The minimum atomic E-state index is -0.516. The summed E-state index contributed by atoms with van der Waals surface area (Å²) in [4.78, 5) is 26.0. The Morgan fingerprint density at radius 1 is 1.25 bits per heavy atom. The Kier molecular flexibility index (Phi) is 3.44. The molecule has 1 aromatic carbocycles. The third kappa shape index (κ3) is 2.29. The van der Waals surface area contributed by atoms with E-state index in [1.54, 1.807) is 4.90 Å². The summed E-state index contributed by atoms with van der Waals surface area (Å²) in [5, 5.41) is 3.19. The number of carbonyl (C=O) groups is 2. The fourth-order valence-electron chi connectivity index (χ4n) is 3.11. The topological polar surface area (TPSA) is 75.4 Å². The van der Waals surface area contributed by atoms with E-state index in [4.69, 9.17) is 5.73 Å². The normalized spacial score (nSPS) is 25.3. The van der Waals surface area contributed by atoms with Crippen molar-refractivity contribution in [2.24, 2.45) is 11.7 Å². The quantitative estimate of drug-likeness (QED) is 0.798. The van der Waals surface area contributed by atoms with E-state index in [1.807, 2.05) is 24.3 Å². The zero-order chi connectivity index (χ0) is 14.1. The molecule has 0 saturated carbocycles. The molecule has 0 aliphatic carbocycles. The maximum absolute atomic E-state index is 12.6. The number of hydrogen-bond acceptors (Lipinski definition) is 3. The number of hydrogen-bond donors (Lipinski definition) is 2. The first-order chi connectivity index (χ1) is 9.66. The summed E-state index contributed by atoms with van der Waals surface area (Å²) in [6.07, 6.45) is 1.36. The van der Waals surface area contributed by atoms with Crippen LogP contribution in [0, 0.1) is 5.92 Å². The van der Waals surface area contributed by atoms with Crippen molar-refractivity contribution in [1.29, 1.82) is 0 Å². The van der Waals surface area contributed by atoms with E-state index in [1.165, 1.54) is 0 Å². The fourth-order valence-corrected chi connectivity index (χ4v) is 3.11.